The largest absolute Gasteiger partial charge is 0.356 e. The first kappa shape index (κ1) is 17.7. The summed E-state index contributed by atoms with van der Waals surface area (Å²) in [5, 5.41) is 9.50. The molecule has 1 amide bonds. The SMILES string of the molecule is Cc1nn(C)c(C)c1CN1CCN(C(=O)Cc2noc3ccccc23)CC1. The van der Waals surface area contributed by atoms with Crippen molar-refractivity contribution in [2.45, 2.75) is 26.8 Å². The van der Waals surface area contributed by atoms with E-state index in [1.807, 2.05) is 40.9 Å². The minimum atomic E-state index is 0.113. The van der Waals surface area contributed by atoms with Crippen LogP contribution in [0.1, 0.15) is 22.6 Å². The molecule has 0 aliphatic carbocycles. The summed E-state index contributed by atoms with van der Waals surface area (Å²) in [5.74, 6) is 0.113. The molecule has 0 spiro atoms. The van der Waals surface area contributed by atoms with Gasteiger partial charge in [-0.05, 0) is 26.0 Å². The smallest absolute Gasteiger partial charge is 0.228 e. The van der Waals surface area contributed by atoms with E-state index in [2.05, 4.69) is 29.0 Å². The molecular weight excluding hydrogens is 342 g/mol. The highest BCUT2D eigenvalue weighted by Crippen LogP contribution is 2.20. The van der Waals surface area contributed by atoms with Gasteiger partial charge in [0.2, 0.25) is 5.91 Å². The highest BCUT2D eigenvalue weighted by molar-refractivity contribution is 5.86. The topological polar surface area (TPSA) is 67.4 Å². The van der Waals surface area contributed by atoms with Crippen LogP contribution in [-0.2, 0) is 24.8 Å². The van der Waals surface area contributed by atoms with E-state index >= 15 is 0 Å². The van der Waals surface area contributed by atoms with Gasteiger partial charge in [-0.3, -0.25) is 14.4 Å². The first-order valence-corrected chi connectivity index (χ1v) is 9.35. The molecule has 1 aliphatic rings. The summed E-state index contributed by atoms with van der Waals surface area (Å²) in [6, 6.07) is 7.67. The lowest BCUT2D eigenvalue weighted by Crippen LogP contribution is -2.48. The van der Waals surface area contributed by atoms with Crippen molar-refractivity contribution in [3.63, 3.8) is 0 Å². The number of aryl methyl sites for hydroxylation is 2. The zero-order chi connectivity index (χ0) is 19.0. The third-order valence-corrected chi connectivity index (χ3v) is 5.54. The zero-order valence-corrected chi connectivity index (χ0v) is 16.1. The van der Waals surface area contributed by atoms with E-state index < -0.39 is 0 Å². The van der Waals surface area contributed by atoms with Crippen molar-refractivity contribution >= 4 is 16.9 Å². The number of piperazine rings is 1. The van der Waals surface area contributed by atoms with Crippen molar-refractivity contribution in [3.05, 3.63) is 46.9 Å². The number of hydrogen-bond donors (Lipinski definition) is 0. The Bertz CT molecular complexity index is 966. The summed E-state index contributed by atoms with van der Waals surface area (Å²) in [6.45, 7) is 8.29. The van der Waals surface area contributed by atoms with Crippen LogP contribution in [0, 0.1) is 13.8 Å². The van der Waals surface area contributed by atoms with E-state index in [1.165, 1.54) is 11.3 Å². The maximum Gasteiger partial charge on any atom is 0.228 e. The normalized spacial score (nSPS) is 15.6. The lowest BCUT2D eigenvalue weighted by Gasteiger charge is -2.34. The van der Waals surface area contributed by atoms with E-state index in [1.54, 1.807) is 0 Å². The molecule has 1 fully saturated rings. The fraction of sp³-hybridized carbons (Fsp3) is 0.450. The molecule has 3 aromatic rings. The molecule has 0 N–H and O–H groups in total. The number of nitrogens with zero attached hydrogens (tertiary/aromatic N) is 5. The Morgan fingerprint density at radius 2 is 1.89 bits per heavy atom. The molecular formula is C20H25N5O2. The van der Waals surface area contributed by atoms with Gasteiger partial charge < -0.3 is 9.42 Å². The number of carbonyl (C=O) groups is 1. The van der Waals surface area contributed by atoms with Crippen molar-refractivity contribution < 1.29 is 9.32 Å². The van der Waals surface area contributed by atoms with Crippen molar-refractivity contribution in [2.75, 3.05) is 26.2 Å². The molecule has 7 heteroatoms. The molecule has 0 radical (unpaired) electrons. The molecule has 0 atom stereocenters. The molecule has 142 valence electrons. The molecule has 3 heterocycles. The quantitative estimate of drug-likeness (QED) is 0.706. The number of para-hydroxylation sites is 1. The average molecular weight is 367 g/mol. The monoisotopic (exact) mass is 367 g/mol. The first-order valence-electron chi connectivity index (χ1n) is 9.35. The van der Waals surface area contributed by atoms with Crippen LogP contribution in [0.4, 0.5) is 0 Å². The highest BCUT2D eigenvalue weighted by atomic mass is 16.5. The number of carbonyl (C=O) groups excluding carboxylic acids is 1. The van der Waals surface area contributed by atoms with E-state index in [9.17, 15) is 4.79 Å². The Morgan fingerprint density at radius 3 is 2.59 bits per heavy atom. The van der Waals surface area contributed by atoms with Crippen LogP contribution in [-0.4, -0.2) is 56.8 Å². The lowest BCUT2D eigenvalue weighted by atomic mass is 10.1. The van der Waals surface area contributed by atoms with Gasteiger partial charge >= 0.3 is 0 Å². The predicted octanol–water partition coefficient (Wildman–Crippen LogP) is 2.07. The summed E-state index contributed by atoms with van der Waals surface area (Å²) in [4.78, 5) is 17.0. The van der Waals surface area contributed by atoms with E-state index in [0.29, 0.717) is 0 Å². The second-order valence-corrected chi connectivity index (χ2v) is 7.23. The number of amides is 1. The third kappa shape index (κ3) is 3.47. The maximum atomic E-state index is 12.7. The van der Waals surface area contributed by atoms with Gasteiger partial charge in [0.1, 0.15) is 5.69 Å². The van der Waals surface area contributed by atoms with Crippen LogP contribution in [0.5, 0.6) is 0 Å². The Hall–Kier alpha value is -2.67. The molecule has 1 aliphatic heterocycles. The van der Waals surface area contributed by atoms with Crippen LogP contribution in [0.25, 0.3) is 11.0 Å². The van der Waals surface area contributed by atoms with Crippen LogP contribution < -0.4 is 0 Å². The zero-order valence-electron chi connectivity index (χ0n) is 16.1. The van der Waals surface area contributed by atoms with Gasteiger partial charge in [-0.2, -0.15) is 5.10 Å². The molecule has 0 bridgehead atoms. The van der Waals surface area contributed by atoms with Crippen LogP contribution >= 0.6 is 0 Å². The Morgan fingerprint density at radius 1 is 1.15 bits per heavy atom. The number of aromatic nitrogens is 3. The van der Waals surface area contributed by atoms with Crippen LogP contribution in [0.15, 0.2) is 28.8 Å². The number of rotatable bonds is 4. The van der Waals surface area contributed by atoms with Gasteiger partial charge in [-0.1, -0.05) is 17.3 Å². The average Bonchev–Trinajstić information content (AvgIpc) is 3.18. The molecule has 7 nitrogen and oxygen atoms in total. The first-order chi connectivity index (χ1) is 13.0. The molecule has 27 heavy (non-hydrogen) atoms. The summed E-state index contributed by atoms with van der Waals surface area (Å²) in [6.07, 6.45) is 0.290. The molecule has 4 rings (SSSR count). The Balaban J connectivity index is 1.35. The molecule has 0 unspecified atom stereocenters. The second-order valence-electron chi connectivity index (χ2n) is 7.23. The van der Waals surface area contributed by atoms with E-state index in [4.69, 9.17) is 4.52 Å². The fourth-order valence-corrected chi connectivity index (χ4v) is 3.75. The minimum Gasteiger partial charge on any atom is -0.356 e. The molecule has 0 saturated carbocycles. The highest BCUT2D eigenvalue weighted by Gasteiger charge is 2.24. The van der Waals surface area contributed by atoms with Crippen molar-refractivity contribution in [1.82, 2.24) is 24.7 Å². The summed E-state index contributed by atoms with van der Waals surface area (Å²) >= 11 is 0. The van der Waals surface area contributed by atoms with Crippen molar-refractivity contribution in [1.29, 1.82) is 0 Å². The van der Waals surface area contributed by atoms with E-state index in [-0.39, 0.29) is 12.3 Å². The molecule has 1 aromatic carbocycles. The minimum absolute atomic E-state index is 0.113. The van der Waals surface area contributed by atoms with Gasteiger partial charge in [-0.15, -0.1) is 0 Å². The van der Waals surface area contributed by atoms with Crippen molar-refractivity contribution in [3.8, 4) is 0 Å². The van der Waals surface area contributed by atoms with Gasteiger partial charge in [0.15, 0.2) is 5.58 Å². The summed E-state index contributed by atoms with van der Waals surface area (Å²) < 4.78 is 7.25. The molecule has 1 saturated heterocycles. The molecule has 2 aromatic heterocycles. The number of benzene rings is 1. The Kier molecular flexibility index (Phi) is 4.70. The van der Waals surface area contributed by atoms with Crippen LogP contribution in [0.2, 0.25) is 0 Å². The maximum absolute atomic E-state index is 12.7. The lowest BCUT2D eigenvalue weighted by molar-refractivity contribution is -0.132. The van der Waals surface area contributed by atoms with Gasteiger partial charge in [0.05, 0.1) is 12.1 Å². The predicted molar refractivity (Wildman–Crippen MR) is 102 cm³/mol. The van der Waals surface area contributed by atoms with E-state index in [0.717, 1.165) is 55.1 Å². The number of fused-ring (bicyclic) bond motifs is 1. The summed E-state index contributed by atoms with van der Waals surface area (Å²) in [7, 11) is 1.98. The Labute approximate surface area is 158 Å². The number of hydrogen-bond acceptors (Lipinski definition) is 5. The second kappa shape index (κ2) is 7.15. The summed E-state index contributed by atoms with van der Waals surface area (Å²) in [5.41, 5.74) is 5.05. The standard InChI is InChI=1S/C20H25N5O2/c1-14-17(15(2)23(3)21-14)13-24-8-10-25(11-9-24)20(26)12-18-16-6-4-5-7-19(16)27-22-18/h4-7H,8-13H2,1-3H3. The van der Waals surface area contributed by atoms with Gasteiger partial charge in [0.25, 0.3) is 0 Å². The van der Waals surface area contributed by atoms with Crippen LogP contribution in [0.3, 0.4) is 0 Å². The van der Waals surface area contributed by atoms with Gasteiger partial charge in [-0.25, -0.2) is 0 Å². The fourth-order valence-electron chi connectivity index (χ4n) is 3.75. The third-order valence-electron chi connectivity index (χ3n) is 5.54. The van der Waals surface area contributed by atoms with Gasteiger partial charge in [0, 0.05) is 56.4 Å². The van der Waals surface area contributed by atoms with Crippen molar-refractivity contribution in [2.24, 2.45) is 7.05 Å².